The normalized spacial score (nSPS) is 9.43. The molecule has 4 nitrogen and oxygen atoms in total. The van der Waals surface area contributed by atoms with Gasteiger partial charge in [0.15, 0.2) is 5.69 Å². The molecular formula is C9H5N2O2Y-. The van der Waals surface area contributed by atoms with E-state index in [0.717, 1.165) is 5.39 Å². The van der Waals surface area contributed by atoms with Crippen molar-refractivity contribution in [3.8, 4) is 0 Å². The van der Waals surface area contributed by atoms with E-state index in [2.05, 4.69) is 16.3 Å². The molecular weight excluding hydrogens is 257 g/mol. The predicted octanol–water partition coefficient (Wildman–Crippen LogP) is 1.13. The Morgan fingerprint density at radius 1 is 1.43 bits per heavy atom. The van der Waals surface area contributed by atoms with E-state index >= 15 is 0 Å². The van der Waals surface area contributed by atoms with Crippen molar-refractivity contribution in [1.82, 2.24) is 10.2 Å². The Hall–Kier alpha value is -0.866. The number of carboxylic acids is 1. The van der Waals surface area contributed by atoms with E-state index in [1.807, 2.05) is 0 Å². The molecule has 0 spiro atoms. The predicted molar refractivity (Wildman–Crippen MR) is 45.3 cm³/mol. The van der Waals surface area contributed by atoms with Crippen LogP contribution in [0.2, 0.25) is 0 Å². The summed E-state index contributed by atoms with van der Waals surface area (Å²) in [6.07, 6.45) is 0. The summed E-state index contributed by atoms with van der Waals surface area (Å²) in [7, 11) is 0. The van der Waals surface area contributed by atoms with Crippen LogP contribution in [0.3, 0.4) is 0 Å². The molecule has 0 fully saturated rings. The van der Waals surface area contributed by atoms with E-state index in [0.29, 0.717) is 5.52 Å². The molecule has 0 aliphatic rings. The van der Waals surface area contributed by atoms with Crippen molar-refractivity contribution in [1.29, 1.82) is 0 Å². The number of hydrogen-bond acceptors (Lipinski definition) is 3. The molecule has 14 heavy (non-hydrogen) atoms. The van der Waals surface area contributed by atoms with Gasteiger partial charge in [-0.15, -0.1) is 11.5 Å². The molecule has 2 aromatic rings. The maximum absolute atomic E-state index is 10.5. The SMILES string of the molecule is O=C(O)c1cc2cc[c-]cc2nn1.[Y]. The summed E-state index contributed by atoms with van der Waals surface area (Å²) in [5.41, 5.74) is 0.603. The first-order valence-corrected chi connectivity index (χ1v) is 3.64. The molecule has 1 aromatic heterocycles. The van der Waals surface area contributed by atoms with Crippen molar-refractivity contribution < 1.29 is 42.6 Å². The number of benzene rings is 1. The maximum atomic E-state index is 10.5. The van der Waals surface area contributed by atoms with Crippen LogP contribution in [0.5, 0.6) is 0 Å². The summed E-state index contributed by atoms with van der Waals surface area (Å²) >= 11 is 0. The molecule has 1 heterocycles. The molecule has 0 aliphatic carbocycles. The number of aromatic carboxylic acids is 1. The zero-order valence-corrected chi connectivity index (χ0v) is 9.97. The van der Waals surface area contributed by atoms with Crippen LogP contribution in [0.25, 0.3) is 10.9 Å². The van der Waals surface area contributed by atoms with E-state index in [1.54, 1.807) is 18.2 Å². The van der Waals surface area contributed by atoms with Gasteiger partial charge in [0.25, 0.3) is 0 Å². The first-order chi connectivity index (χ1) is 6.27. The second-order valence-corrected chi connectivity index (χ2v) is 2.52. The van der Waals surface area contributed by atoms with Gasteiger partial charge in [0.1, 0.15) is 0 Å². The van der Waals surface area contributed by atoms with Gasteiger partial charge in [-0.05, 0) is 11.6 Å². The van der Waals surface area contributed by atoms with Crippen LogP contribution in [-0.4, -0.2) is 21.3 Å². The minimum absolute atomic E-state index is 0. The van der Waals surface area contributed by atoms with Gasteiger partial charge >= 0.3 is 5.97 Å². The van der Waals surface area contributed by atoms with Crippen LogP contribution >= 0.6 is 0 Å². The Balaban J connectivity index is 0.000000980. The van der Waals surface area contributed by atoms with Crippen LogP contribution in [0.15, 0.2) is 24.3 Å². The van der Waals surface area contributed by atoms with E-state index < -0.39 is 5.97 Å². The first-order valence-electron chi connectivity index (χ1n) is 3.64. The Morgan fingerprint density at radius 2 is 2.21 bits per heavy atom. The zero-order valence-electron chi connectivity index (χ0n) is 7.14. The zero-order chi connectivity index (χ0) is 9.26. The van der Waals surface area contributed by atoms with E-state index in [1.165, 1.54) is 6.07 Å². The number of hydrogen-bond donors (Lipinski definition) is 1. The Bertz CT molecular complexity index is 473. The molecule has 0 aliphatic heterocycles. The summed E-state index contributed by atoms with van der Waals surface area (Å²) in [5, 5.41) is 16.7. The third-order valence-electron chi connectivity index (χ3n) is 1.65. The minimum atomic E-state index is -1.07. The number of carboxylic acid groups (broad SMARTS) is 1. The second kappa shape index (κ2) is 4.57. The summed E-state index contributed by atoms with van der Waals surface area (Å²) < 4.78 is 0. The molecule has 1 aromatic carbocycles. The van der Waals surface area contributed by atoms with Crippen molar-refractivity contribution in [3.63, 3.8) is 0 Å². The van der Waals surface area contributed by atoms with Gasteiger partial charge in [0.05, 0.1) is 0 Å². The molecule has 1 radical (unpaired) electrons. The third kappa shape index (κ3) is 2.14. The van der Waals surface area contributed by atoms with E-state index in [9.17, 15) is 4.79 Å². The van der Waals surface area contributed by atoms with Crippen molar-refractivity contribution in [3.05, 3.63) is 36.0 Å². The molecule has 0 saturated carbocycles. The second-order valence-electron chi connectivity index (χ2n) is 2.52. The molecule has 0 atom stereocenters. The van der Waals surface area contributed by atoms with Crippen molar-refractivity contribution in [2.24, 2.45) is 0 Å². The molecule has 67 valence electrons. The van der Waals surface area contributed by atoms with E-state index in [4.69, 9.17) is 5.11 Å². The van der Waals surface area contributed by atoms with Crippen molar-refractivity contribution in [2.75, 3.05) is 0 Å². The topological polar surface area (TPSA) is 63.1 Å². The number of aromatic nitrogens is 2. The number of rotatable bonds is 1. The van der Waals surface area contributed by atoms with Crippen molar-refractivity contribution in [2.45, 2.75) is 0 Å². The Kier molecular flexibility index (Phi) is 3.66. The molecule has 0 bridgehead atoms. The number of fused-ring (bicyclic) bond motifs is 1. The van der Waals surface area contributed by atoms with Crippen LogP contribution in [0.1, 0.15) is 10.5 Å². The van der Waals surface area contributed by atoms with Gasteiger partial charge in [0, 0.05) is 32.7 Å². The van der Waals surface area contributed by atoms with Crippen LogP contribution in [-0.2, 0) is 32.7 Å². The quantitative estimate of drug-likeness (QED) is 0.782. The van der Waals surface area contributed by atoms with Gasteiger partial charge in [-0.1, -0.05) is 0 Å². The monoisotopic (exact) mass is 262 g/mol. The fourth-order valence-electron chi connectivity index (χ4n) is 1.03. The van der Waals surface area contributed by atoms with Gasteiger partial charge in [0.2, 0.25) is 0 Å². The van der Waals surface area contributed by atoms with E-state index in [-0.39, 0.29) is 38.4 Å². The molecule has 5 heteroatoms. The minimum Gasteiger partial charge on any atom is -0.476 e. The van der Waals surface area contributed by atoms with Crippen molar-refractivity contribution >= 4 is 16.9 Å². The summed E-state index contributed by atoms with van der Waals surface area (Å²) in [5.74, 6) is -1.07. The van der Waals surface area contributed by atoms with Crippen LogP contribution in [0.4, 0.5) is 0 Å². The maximum Gasteiger partial charge on any atom is 0.356 e. The average Bonchev–Trinajstić information content (AvgIpc) is 2.17. The summed E-state index contributed by atoms with van der Waals surface area (Å²) in [4.78, 5) is 10.5. The number of carbonyl (C=O) groups is 1. The fourth-order valence-corrected chi connectivity index (χ4v) is 1.03. The third-order valence-corrected chi connectivity index (χ3v) is 1.65. The average molecular weight is 262 g/mol. The molecule has 0 amide bonds. The number of nitrogens with zero attached hydrogens (tertiary/aromatic N) is 2. The smallest absolute Gasteiger partial charge is 0.356 e. The Morgan fingerprint density at radius 3 is 2.93 bits per heavy atom. The summed E-state index contributed by atoms with van der Waals surface area (Å²) in [6, 6.07) is 9.43. The van der Waals surface area contributed by atoms with Gasteiger partial charge in [-0.3, -0.25) is 0 Å². The largest absolute Gasteiger partial charge is 0.476 e. The van der Waals surface area contributed by atoms with Gasteiger partial charge in [-0.25, -0.2) is 9.89 Å². The van der Waals surface area contributed by atoms with Gasteiger partial charge < -0.3 is 5.11 Å². The molecule has 1 N–H and O–H groups in total. The van der Waals surface area contributed by atoms with Gasteiger partial charge in [-0.2, -0.15) is 23.3 Å². The molecule has 0 unspecified atom stereocenters. The summed E-state index contributed by atoms with van der Waals surface area (Å²) in [6.45, 7) is 0. The Labute approximate surface area is 105 Å². The van der Waals surface area contributed by atoms with Crippen LogP contribution in [0, 0.1) is 6.07 Å². The fraction of sp³-hybridized carbons (Fsp3) is 0. The molecule has 2 rings (SSSR count). The standard InChI is InChI=1S/C9H5N2O2.Y/c12-9(13)8-5-6-3-1-2-4-7(6)10-11-8;/h1,3-5H,(H,12,13);/q-1;. The first kappa shape index (κ1) is 11.2. The van der Waals surface area contributed by atoms with Crippen LogP contribution < -0.4 is 0 Å². The molecule has 0 saturated heterocycles.